The zero-order valence-corrected chi connectivity index (χ0v) is 17.6. The average Bonchev–Trinajstić information content (AvgIpc) is 3.33. The van der Waals surface area contributed by atoms with Crippen molar-refractivity contribution in [3.8, 4) is 6.07 Å². The number of likely N-dealkylation sites (tertiary alicyclic amines) is 1. The number of carbonyl (C=O) groups is 2. The third-order valence-electron chi connectivity index (χ3n) is 4.70. The number of hydrogen-bond acceptors (Lipinski definition) is 7. The van der Waals surface area contributed by atoms with E-state index in [1.807, 2.05) is 0 Å². The van der Waals surface area contributed by atoms with E-state index in [1.54, 1.807) is 11.0 Å². The minimum absolute atomic E-state index is 0.0209. The molecule has 0 saturated carbocycles. The number of thiazole rings is 1. The van der Waals surface area contributed by atoms with Gasteiger partial charge in [0.25, 0.3) is 0 Å². The Morgan fingerprint density at radius 2 is 2.23 bits per heavy atom. The van der Waals surface area contributed by atoms with Gasteiger partial charge in [-0.15, -0.1) is 11.3 Å². The zero-order chi connectivity index (χ0) is 22.6. The molecule has 12 heteroatoms. The summed E-state index contributed by atoms with van der Waals surface area (Å²) in [5.74, 6) is -0.613. The lowest BCUT2D eigenvalue weighted by Crippen LogP contribution is -2.39. The van der Waals surface area contributed by atoms with Crippen LogP contribution in [0.2, 0.25) is 0 Å². The molecule has 2 N–H and O–H groups in total. The van der Waals surface area contributed by atoms with Gasteiger partial charge in [0.2, 0.25) is 5.91 Å². The Labute approximate surface area is 183 Å². The van der Waals surface area contributed by atoms with Crippen LogP contribution in [-0.4, -0.2) is 51.8 Å². The molecule has 7 nitrogen and oxygen atoms in total. The van der Waals surface area contributed by atoms with Crippen molar-refractivity contribution in [3.05, 3.63) is 40.4 Å². The average molecular weight is 470 g/mol. The molecule has 3 rings (SSSR count). The van der Waals surface area contributed by atoms with E-state index in [0.717, 1.165) is 12.1 Å². The highest BCUT2D eigenvalue weighted by Gasteiger charge is 2.34. The van der Waals surface area contributed by atoms with Crippen LogP contribution in [-0.2, 0) is 11.0 Å². The van der Waals surface area contributed by atoms with Crippen molar-refractivity contribution in [1.29, 1.82) is 5.26 Å². The minimum Gasteiger partial charge on any atom is -0.476 e. The Balaban J connectivity index is 1.57. The van der Waals surface area contributed by atoms with E-state index in [4.69, 9.17) is 10.4 Å². The topological polar surface area (TPSA) is 106 Å². The highest BCUT2D eigenvalue weighted by molar-refractivity contribution is 8.01. The summed E-state index contributed by atoms with van der Waals surface area (Å²) in [7, 11) is 0. The van der Waals surface area contributed by atoms with Crippen molar-refractivity contribution in [2.45, 2.75) is 29.4 Å². The molecule has 1 amide bonds. The van der Waals surface area contributed by atoms with Gasteiger partial charge in [-0.1, -0.05) is 11.8 Å². The predicted molar refractivity (Wildman–Crippen MR) is 109 cm³/mol. The van der Waals surface area contributed by atoms with Gasteiger partial charge in [0.05, 0.1) is 17.2 Å². The van der Waals surface area contributed by atoms with Crippen LogP contribution in [0.25, 0.3) is 0 Å². The van der Waals surface area contributed by atoms with E-state index in [9.17, 15) is 22.8 Å². The molecule has 164 valence electrons. The van der Waals surface area contributed by atoms with E-state index in [-0.39, 0.29) is 29.9 Å². The molecule has 0 spiro atoms. The van der Waals surface area contributed by atoms with Crippen molar-refractivity contribution >= 4 is 40.7 Å². The molecule has 0 radical (unpaired) electrons. The molecular weight excluding hydrogens is 453 g/mol. The van der Waals surface area contributed by atoms with Crippen LogP contribution in [0, 0.1) is 11.3 Å². The highest BCUT2D eigenvalue weighted by atomic mass is 32.2. The number of aromatic nitrogens is 1. The number of rotatable bonds is 8. The molecule has 31 heavy (non-hydrogen) atoms. The monoisotopic (exact) mass is 470 g/mol. The summed E-state index contributed by atoms with van der Waals surface area (Å²) < 4.78 is 40.0. The first-order valence-corrected chi connectivity index (χ1v) is 11.0. The number of carboxylic acid groups (broad SMARTS) is 1. The number of aromatic carboxylic acids is 1. The van der Waals surface area contributed by atoms with E-state index in [1.165, 1.54) is 34.5 Å². The quantitative estimate of drug-likeness (QED) is 0.563. The maximum Gasteiger partial charge on any atom is 0.417 e. The number of halogens is 3. The highest BCUT2D eigenvalue weighted by Crippen LogP contribution is 2.33. The van der Waals surface area contributed by atoms with Gasteiger partial charge in [-0.05, 0) is 24.6 Å². The molecule has 1 aliphatic rings. The summed E-state index contributed by atoms with van der Waals surface area (Å²) in [5, 5.41) is 22.2. The maximum absolute atomic E-state index is 13.1. The summed E-state index contributed by atoms with van der Waals surface area (Å²) in [6.45, 7) is 0.693. The second-order valence-corrected chi connectivity index (χ2v) is 8.88. The zero-order valence-electron chi connectivity index (χ0n) is 16.0. The molecule has 2 aromatic rings. The molecular formula is C19H17F3N4O3S2. The molecule has 1 aliphatic heterocycles. The number of nitrogens with one attached hydrogen (secondary N) is 1. The van der Waals surface area contributed by atoms with Crippen LogP contribution >= 0.6 is 23.1 Å². The standard InChI is InChI=1S/C19H17F3N4O3S2/c20-19(21,22)14-7-12(2-1-11(14)8-23)24-9-13-3-4-16(27)26(13)5-6-30-18-25-15(10-31-18)17(28)29/h1-2,7,10,13,24H,3-6,9H2,(H,28,29). The lowest BCUT2D eigenvalue weighted by atomic mass is 10.1. The normalized spacial score (nSPS) is 16.4. The van der Waals surface area contributed by atoms with Crippen LogP contribution in [0.3, 0.4) is 0 Å². The molecule has 1 fully saturated rings. The number of thioether (sulfide) groups is 1. The van der Waals surface area contributed by atoms with Gasteiger partial charge in [-0.25, -0.2) is 9.78 Å². The third-order valence-corrected chi connectivity index (χ3v) is 6.70. The molecule has 0 bridgehead atoms. The number of amides is 1. The van der Waals surface area contributed by atoms with Crippen LogP contribution in [0.4, 0.5) is 18.9 Å². The molecule has 1 aromatic heterocycles. The van der Waals surface area contributed by atoms with Crippen molar-refractivity contribution < 1.29 is 27.9 Å². The molecule has 2 heterocycles. The Morgan fingerprint density at radius 3 is 2.87 bits per heavy atom. The largest absolute Gasteiger partial charge is 0.476 e. The van der Waals surface area contributed by atoms with E-state index in [0.29, 0.717) is 29.5 Å². The van der Waals surface area contributed by atoms with E-state index in [2.05, 4.69) is 10.3 Å². The van der Waals surface area contributed by atoms with Crippen molar-refractivity contribution in [1.82, 2.24) is 9.88 Å². The van der Waals surface area contributed by atoms with Gasteiger partial charge in [-0.2, -0.15) is 18.4 Å². The Bertz CT molecular complexity index is 1020. The fourth-order valence-electron chi connectivity index (χ4n) is 3.19. The second kappa shape index (κ2) is 9.57. The smallest absolute Gasteiger partial charge is 0.417 e. The summed E-state index contributed by atoms with van der Waals surface area (Å²) in [5.41, 5.74) is -1.24. The number of carboxylic acids is 1. The summed E-state index contributed by atoms with van der Waals surface area (Å²) >= 11 is 2.56. The van der Waals surface area contributed by atoms with Gasteiger partial charge >= 0.3 is 12.1 Å². The first-order valence-electron chi connectivity index (χ1n) is 9.15. The summed E-state index contributed by atoms with van der Waals surface area (Å²) in [4.78, 5) is 28.8. The molecule has 1 atom stereocenters. The van der Waals surface area contributed by atoms with E-state index < -0.39 is 23.3 Å². The van der Waals surface area contributed by atoms with Crippen LogP contribution < -0.4 is 5.32 Å². The Hall–Kier alpha value is -2.78. The third kappa shape index (κ3) is 5.68. The van der Waals surface area contributed by atoms with Crippen molar-refractivity contribution in [2.75, 3.05) is 24.2 Å². The summed E-state index contributed by atoms with van der Waals surface area (Å²) in [6, 6.07) is 4.80. The molecule has 1 unspecified atom stereocenters. The molecule has 1 saturated heterocycles. The van der Waals surface area contributed by atoms with Crippen molar-refractivity contribution in [3.63, 3.8) is 0 Å². The first-order chi connectivity index (χ1) is 14.7. The lowest BCUT2D eigenvalue weighted by molar-refractivity contribution is -0.137. The van der Waals surface area contributed by atoms with Crippen LogP contribution in [0.5, 0.6) is 0 Å². The second-order valence-electron chi connectivity index (χ2n) is 6.68. The maximum atomic E-state index is 13.1. The van der Waals surface area contributed by atoms with Crippen molar-refractivity contribution in [2.24, 2.45) is 0 Å². The van der Waals surface area contributed by atoms with Gasteiger partial charge < -0.3 is 15.3 Å². The number of carbonyl (C=O) groups excluding carboxylic acids is 1. The van der Waals surface area contributed by atoms with Gasteiger partial charge in [0.1, 0.15) is 0 Å². The number of nitrogens with zero attached hydrogens (tertiary/aromatic N) is 3. The van der Waals surface area contributed by atoms with Crippen LogP contribution in [0.1, 0.15) is 34.5 Å². The fourth-order valence-corrected chi connectivity index (χ4v) is 5.00. The van der Waals surface area contributed by atoms with Gasteiger partial charge in [-0.3, -0.25) is 4.79 Å². The van der Waals surface area contributed by atoms with Gasteiger partial charge in [0, 0.05) is 42.4 Å². The Kier molecular flexibility index (Phi) is 7.07. The fraction of sp³-hybridized carbons (Fsp3) is 0.368. The first kappa shape index (κ1) is 22.9. The number of benzene rings is 1. The number of anilines is 1. The Morgan fingerprint density at radius 1 is 1.45 bits per heavy atom. The van der Waals surface area contributed by atoms with E-state index >= 15 is 0 Å². The number of alkyl halides is 3. The lowest BCUT2D eigenvalue weighted by Gasteiger charge is -2.25. The molecule has 0 aliphatic carbocycles. The minimum atomic E-state index is -4.63. The van der Waals surface area contributed by atoms with Crippen LogP contribution in [0.15, 0.2) is 27.9 Å². The predicted octanol–water partition coefficient (Wildman–Crippen LogP) is 3.93. The number of nitriles is 1. The van der Waals surface area contributed by atoms with Gasteiger partial charge in [0.15, 0.2) is 10.0 Å². The number of hydrogen-bond donors (Lipinski definition) is 2. The summed E-state index contributed by atoms with van der Waals surface area (Å²) in [6.07, 6.45) is -3.69. The molecule has 1 aromatic carbocycles. The SMILES string of the molecule is N#Cc1ccc(NCC2CCC(=O)N2CCSc2nc(C(=O)O)cs2)cc1C(F)(F)F.